The topological polar surface area (TPSA) is 60.2 Å². The zero-order valence-corrected chi connectivity index (χ0v) is 15.4. The van der Waals surface area contributed by atoms with Gasteiger partial charge in [0.2, 0.25) is 0 Å². The van der Waals surface area contributed by atoms with Crippen LogP contribution < -0.4 is 4.74 Å². The Morgan fingerprint density at radius 3 is 2.80 bits per heavy atom. The summed E-state index contributed by atoms with van der Waals surface area (Å²) < 4.78 is 7.12. The second-order valence-electron chi connectivity index (χ2n) is 5.77. The maximum atomic E-state index is 12.8. The van der Waals surface area contributed by atoms with E-state index in [0.29, 0.717) is 5.69 Å². The zero-order chi connectivity index (χ0) is 18.0. The number of aryl methyl sites for hydroxylation is 1. The van der Waals surface area contributed by atoms with E-state index in [1.54, 1.807) is 35.3 Å². The molecule has 1 unspecified atom stereocenters. The maximum Gasteiger partial charge on any atom is 0.273 e. The highest BCUT2D eigenvalue weighted by atomic mass is 32.1. The van der Waals surface area contributed by atoms with Gasteiger partial charge in [0.25, 0.3) is 5.91 Å². The van der Waals surface area contributed by atoms with Crippen LogP contribution in [0.2, 0.25) is 0 Å². The van der Waals surface area contributed by atoms with Crippen LogP contribution in [0, 0.1) is 0 Å². The molecule has 2 aromatic heterocycles. The fraction of sp³-hybridized carbons (Fsp3) is 0.278. The van der Waals surface area contributed by atoms with Gasteiger partial charge in [0.05, 0.1) is 19.3 Å². The molecule has 25 heavy (non-hydrogen) atoms. The summed E-state index contributed by atoms with van der Waals surface area (Å²) >= 11 is 1.44. The molecule has 130 valence electrons. The number of nitrogens with zero attached hydrogens (tertiary/aromatic N) is 4. The van der Waals surface area contributed by atoms with E-state index < -0.39 is 0 Å². The number of methoxy groups -OCH3 is 1. The van der Waals surface area contributed by atoms with E-state index in [2.05, 4.69) is 10.1 Å². The van der Waals surface area contributed by atoms with Gasteiger partial charge in [0, 0.05) is 36.8 Å². The highest BCUT2D eigenvalue weighted by Gasteiger charge is 2.23. The van der Waals surface area contributed by atoms with Crippen molar-refractivity contribution in [3.05, 3.63) is 53.3 Å². The van der Waals surface area contributed by atoms with Crippen LogP contribution in [0.1, 0.15) is 29.0 Å². The Labute approximate surface area is 150 Å². The number of ether oxygens (including phenoxy) is 1. The van der Waals surface area contributed by atoms with E-state index in [4.69, 9.17) is 4.74 Å². The number of hydrogen-bond acceptors (Lipinski definition) is 5. The number of benzene rings is 1. The Morgan fingerprint density at radius 2 is 2.12 bits per heavy atom. The number of aromatic nitrogens is 3. The lowest BCUT2D eigenvalue weighted by Gasteiger charge is -2.26. The predicted molar refractivity (Wildman–Crippen MR) is 97.8 cm³/mol. The van der Waals surface area contributed by atoms with Gasteiger partial charge >= 0.3 is 0 Å². The van der Waals surface area contributed by atoms with Crippen molar-refractivity contribution in [2.75, 3.05) is 14.2 Å². The second kappa shape index (κ2) is 7.06. The average molecular weight is 356 g/mol. The van der Waals surface area contributed by atoms with Crippen molar-refractivity contribution in [1.82, 2.24) is 19.7 Å². The number of rotatable bonds is 5. The minimum Gasteiger partial charge on any atom is -0.496 e. The van der Waals surface area contributed by atoms with Crippen molar-refractivity contribution < 1.29 is 9.53 Å². The first-order valence-corrected chi connectivity index (χ1v) is 8.74. The molecule has 1 atom stereocenters. The normalized spacial score (nSPS) is 12.0. The van der Waals surface area contributed by atoms with E-state index >= 15 is 0 Å². The van der Waals surface area contributed by atoms with Crippen LogP contribution in [-0.4, -0.2) is 39.7 Å². The molecule has 3 rings (SSSR count). The number of carbonyl (C=O) groups is 1. The first kappa shape index (κ1) is 17.2. The zero-order valence-electron chi connectivity index (χ0n) is 14.6. The molecule has 1 aromatic carbocycles. The summed E-state index contributed by atoms with van der Waals surface area (Å²) in [5.41, 5.74) is 2.31. The molecule has 0 aliphatic heterocycles. The third-order valence-electron chi connectivity index (χ3n) is 4.17. The highest BCUT2D eigenvalue weighted by molar-refractivity contribution is 7.13. The summed E-state index contributed by atoms with van der Waals surface area (Å²) in [6, 6.07) is 7.59. The number of hydrogen-bond donors (Lipinski definition) is 0. The molecule has 7 heteroatoms. The third-order valence-corrected chi connectivity index (χ3v) is 5.06. The Hall–Kier alpha value is -2.67. The van der Waals surface area contributed by atoms with Crippen LogP contribution in [0.25, 0.3) is 10.6 Å². The van der Waals surface area contributed by atoms with Crippen LogP contribution in [0.4, 0.5) is 0 Å². The molecule has 0 aliphatic rings. The molecular formula is C18H20N4O2S. The summed E-state index contributed by atoms with van der Waals surface area (Å²) in [5, 5.41) is 6.72. The Morgan fingerprint density at radius 1 is 1.36 bits per heavy atom. The van der Waals surface area contributed by atoms with Gasteiger partial charge in [-0.15, -0.1) is 11.3 Å². The lowest BCUT2D eigenvalue weighted by Crippen LogP contribution is -2.30. The molecule has 0 saturated heterocycles. The lowest BCUT2D eigenvalue weighted by molar-refractivity contribution is 0.0736. The van der Waals surface area contributed by atoms with E-state index in [9.17, 15) is 4.79 Å². The molecular weight excluding hydrogens is 336 g/mol. The Bertz CT molecular complexity index is 887. The Balaban J connectivity index is 1.82. The van der Waals surface area contributed by atoms with Gasteiger partial charge in [-0.25, -0.2) is 4.98 Å². The van der Waals surface area contributed by atoms with Crippen LogP contribution >= 0.6 is 11.3 Å². The first-order chi connectivity index (χ1) is 12.0. The summed E-state index contributed by atoms with van der Waals surface area (Å²) in [6.45, 7) is 1.98. The van der Waals surface area contributed by atoms with Gasteiger partial charge in [0.15, 0.2) is 0 Å². The number of carbonyl (C=O) groups excluding carboxylic acids is 1. The number of amides is 1. The van der Waals surface area contributed by atoms with Crippen LogP contribution in [0.15, 0.2) is 42.0 Å². The molecule has 0 bridgehead atoms. The maximum absolute atomic E-state index is 12.8. The minimum atomic E-state index is -0.132. The molecule has 6 nitrogen and oxygen atoms in total. The van der Waals surface area contributed by atoms with Crippen molar-refractivity contribution in [2.45, 2.75) is 13.0 Å². The van der Waals surface area contributed by atoms with Gasteiger partial charge < -0.3 is 9.64 Å². The van der Waals surface area contributed by atoms with Crippen LogP contribution in [0.5, 0.6) is 5.75 Å². The van der Waals surface area contributed by atoms with E-state index in [-0.39, 0.29) is 11.9 Å². The van der Waals surface area contributed by atoms with Gasteiger partial charge in [-0.05, 0) is 13.0 Å². The van der Waals surface area contributed by atoms with Gasteiger partial charge in [0.1, 0.15) is 16.5 Å². The molecule has 0 fully saturated rings. The largest absolute Gasteiger partial charge is 0.496 e. The van der Waals surface area contributed by atoms with Gasteiger partial charge in [-0.1, -0.05) is 18.2 Å². The molecule has 0 radical (unpaired) electrons. The third kappa shape index (κ3) is 3.41. The summed E-state index contributed by atoms with van der Waals surface area (Å²) in [4.78, 5) is 19.0. The fourth-order valence-corrected chi connectivity index (χ4v) is 3.38. The van der Waals surface area contributed by atoms with Crippen molar-refractivity contribution in [3.8, 4) is 16.3 Å². The molecule has 2 heterocycles. The molecule has 0 aliphatic carbocycles. The van der Waals surface area contributed by atoms with Crippen molar-refractivity contribution in [2.24, 2.45) is 7.05 Å². The van der Waals surface area contributed by atoms with Crippen LogP contribution in [0.3, 0.4) is 0 Å². The first-order valence-electron chi connectivity index (χ1n) is 7.86. The number of thiazole rings is 1. The second-order valence-corrected chi connectivity index (χ2v) is 6.63. The van der Waals surface area contributed by atoms with E-state index in [0.717, 1.165) is 21.9 Å². The molecule has 1 amide bonds. The average Bonchev–Trinajstić information content (AvgIpc) is 3.28. The summed E-state index contributed by atoms with van der Waals surface area (Å²) in [7, 11) is 5.27. The summed E-state index contributed by atoms with van der Waals surface area (Å²) in [6.07, 6.45) is 3.63. The van der Waals surface area contributed by atoms with E-state index in [1.807, 2.05) is 44.4 Å². The standard InChI is InChI=1S/C18H20N4O2S/c1-12(14-7-5-6-8-16(14)24-4)22(3)18(23)15-11-25-17(20-15)13-9-19-21(2)10-13/h5-12H,1-4H3. The van der Waals surface area contributed by atoms with Gasteiger partial charge in [-0.2, -0.15) is 5.10 Å². The fourth-order valence-electron chi connectivity index (χ4n) is 2.61. The lowest BCUT2D eigenvalue weighted by atomic mass is 10.1. The van der Waals surface area contributed by atoms with Crippen molar-refractivity contribution >= 4 is 17.2 Å². The molecule has 3 aromatic rings. The predicted octanol–water partition coefficient (Wildman–Crippen LogP) is 3.39. The van der Waals surface area contributed by atoms with Crippen LogP contribution in [-0.2, 0) is 7.05 Å². The minimum absolute atomic E-state index is 0.121. The molecule has 0 saturated carbocycles. The van der Waals surface area contributed by atoms with E-state index in [1.165, 1.54) is 11.3 Å². The smallest absolute Gasteiger partial charge is 0.273 e. The summed E-state index contributed by atoms with van der Waals surface area (Å²) in [5.74, 6) is 0.647. The number of para-hydroxylation sites is 1. The molecule has 0 N–H and O–H groups in total. The monoisotopic (exact) mass is 356 g/mol. The highest BCUT2D eigenvalue weighted by Crippen LogP contribution is 2.30. The SMILES string of the molecule is COc1ccccc1C(C)N(C)C(=O)c1csc(-c2cnn(C)c2)n1. The van der Waals surface area contributed by atoms with Crippen molar-refractivity contribution in [1.29, 1.82) is 0 Å². The van der Waals surface area contributed by atoms with Crippen molar-refractivity contribution in [3.63, 3.8) is 0 Å². The van der Waals surface area contributed by atoms with Gasteiger partial charge in [-0.3, -0.25) is 9.48 Å². The molecule has 0 spiro atoms. The Kier molecular flexibility index (Phi) is 4.85. The quantitative estimate of drug-likeness (QED) is 0.703.